The lowest BCUT2D eigenvalue weighted by Gasteiger charge is -2.14. The highest BCUT2D eigenvalue weighted by Crippen LogP contribution is 2.18. The average Bonchev–Trinajstić information content (AvgIpc) is 2.00. The van der Waals surface area contributed by atoms with Crippen molar-refractivity contribution < 1.29 is 4.79 Å². The summed E-state index contributed by atoms with van der Waals surface area (Å²) in [5, 5.41) is 0. The SMILES string of the molecule is CC(=O)CCC(C)(C)S.CC(C)(S)CN.Cl. The minimum atomic E-state index is 0. The van der Waals surface area contributed by atoms with E-state index in [0.29, 0.717) is 13.0 Å². The van der Waals surface area contributed by atoms with Crippen molar-refractivity contribution in [2.24, 2.45) is 5.73 Å². The summed E-state index contributed by atoms with van der Waals surface area (Å²) in [6.45, 7) is 10.2. The van der Waals surface area contributed by atoms with Crippen LogP contribution in [0.5, 0.6) is 0 Å². The molecule has 5 heteroatoms. The lowest BCUT2D eigenvalue weighted by Crippen LogP contribution is -2.23. The number of nitrogens with two attached hydrogens (primary N) is 1. The molecule has 0 aliphatic carbocycles. The molecule has 100 valence electrons. The number of Topliss-reactive ketones (excluding diaryl/α,β-unsaturated/α-hetero) is 1. The maximum atomic E-state index is 10.5. The first-order valence-corrected chi connectivity index (χ1v) is 6.01. The highest BCUT2D eigenvalue weighted by Gasteiger charge is 2.11. The minimum absolute atomic E-state index is 0. The number of halogens is 1. The Morgan fingerprint density at radius 2 is 1.44 bits per heavy atom. The molecular weight excluding hydrogens is 262 g/mol. The van der Waals surface area contributed by atoms with Crippen LogP contribution in [0, 0.1) is 0 Å². The van der Waals surface area contributed by atoms with Gasteiger partial charge in [0.15, 0.2) is 0 Å². The zero-order valence-corrected chi connectivity index (χ0v) is 13.5. The second kappa shape index (κ2) is 9.63. The Bertz CT molecular complexity index is 185. The van der Waals surface area contributed by atoms with Gasteiger partial charge in [-0.25, -0.2) is 0 Å². The predicted octanol–water partition coefficient (Wildman–Crippen LogP) is 3.14. The number of hydrogen-bond acceptors (Lipinski definition) is 4. The Labute approximate surface area is 117 Å². The van der Waals surface area contributed by atoms with E-state index in [-0.39, 0.29) is 27.7 Å². The molecule has 0 aliphatic heterocycles. The molecule has 0 saturated carbocycles. The van der Waals surface area contributed by atoms with Crippen LogP contribution < -0.4 is 5.73 Å². The van der Waals surface area contributed by atoms with Gasteiger partial charge in [0.2, 0.25) is 0 Å². The molecule has 0 heterocycles. The van der Waals surface area contributed by atoms with E-state index in [4.69, 9.17) is 5.73 Å². The van der Waals surface area contributed by atoms with E-state index in [1.165, 1.54) is 0 Å². The van der Waals surface area contributed by atoms with E-state index in [2.05, 4.69) is 25.3 Å². The van der Waals surface area contributed by atoms with Crippen LogP contribution in [0.4, 0.5) is 0 Å². The first kappa shape index (κ1) is 21.9. The van der Waals surface area contributed by atoms with E-state index < -0.39 is 0 Å². The minimum Gasteiger partial charge on any atom is -0.329 e. The first-order valence-electron chi connectivity index (χ1n) is 5.12. The largest absolute Gasteiger partial charge is 0.329 e. The van der Waals surface area contributed by atoms with E-state index in [1.807, 2.05) is 27.7 Å². The Balaban J connectivity index is -0.000000214. The van der Waals surface area contributed by atoms with Crippen LogP contribution in [0.15, 0.2) is 0 Å². The van der Waals surface area contributed by atoms with Crippen LogP contribution >= 0.6 is 37.7 Å². The zero-order valence-electron chi connectivity index (χ0n) is 10.9. The Kier molecular flexibility index (Phi) is 13.2. The maximum absolute atomic E-state index is 10.5. The maximum Gasteiger partial charge on any atom is 0.129 e. The van der Waals surface area contributed by atoms with E-state index in [1.54, 1.807) is 6.92 Å². The number of thiol groups is 2. The molecule has 0 spiro atoms. The van der Waals surface area contributed by atoms with Crippen molar-refractivity contribution in [2.45, 2.75) is 57.0 Å². The van der Waals surface area contributed by atoms with Crippen LogP contribution in [-0.2, 0) is 4.79 Å². The van der Waals surface area contributed by atoms with Crippen LogP contribution in [-0.4, -0.2) is 21.8 Å². The molecule has 16 heavy (non-hydrogen) atoms. The van der Waals surface area contributed by atoms with Crippen LogP contribution in [0.3, 0.4) is 0 Å². The highest BCUT2D eigenvalue weighted by molar-refractivity contribution is 7.82. The number of rotatable bonds is 4. The van der Waals surface area contributed by atoms with Gasteiger partial charge in [-0.3, -0.25) is 0 Å². The molecule has 0 aliphatic rings. The second-order valence-corrected chi connectivity index (χ2v) is 7.45. The lowest BCUT2D eigenvalue weighted by atomic mass is 10.1. The van der Waals surface area contributed by atoms with E-state index in [9.17, 15) is 4.79 Å². The Hall–Kier alpha value is 0.620. The molecular formula is C11H26ClNOS2. The molecule has 0 unspecified atom stereocenters. The summed E-state index contributed by atoms with van der Waals surface area (Å²) in [7, 11) is 0. The van der Waals surface area contributed by atoms with Gasteiger partial charge in [-0.1, -0.05) is 13.8 Å². The number of carbonyl (C=O) groups is 1. The van der Waals surface area contributed by atoms with Gasteiger partial charge in [-0.05, 0) is 27.2 Å². The normalized spacial score (nSPS) is 11.0. The fourth-order valence-corrected chi connectivity index (χ4v) is 0.594. The summed E-state index contributed by atoms with van der Waals surface area (Å²) in [4.78, 5) is 10.5. The number of ketones is 1. The standard InChI is InChI=1S/C7H14OS.C4H11NS.ClH/c1-6(8)4-5-7(2,3)9;1-4(2,6)3-5;/h9H,4-5H2,1-3H3;6H,3,5H2,1-2H3;1H. The Morgan fingerprint density at radius 1 is 1.12 bits per heavy atom. The van der Waals surface area contributed by atoms with Crippen molar-refractivity contribution in [3.8, 4) is 0 Å². The predicted molar refractivity (Wildman–Crippen MR) is 82.3 cm³/mol. The Morgan fingerprint density at radius 3 is 1.50 bits per heavy atom. The third kappa shape index (κ3) is 29.3. The van der Waals surface area contributed by atoms with Gasteiger partial charge < -0.3 is 10.5 Å². The van der Waals surface area contributed by atoms with Gasteiger partial charge >= 0.3 is 0 Å². The van der Waals surface area contributed by atoms with Gasteiger partial charge in [-0.15, -0.1) is 12.4 Å². The second-order valence-electron chi connectivity index (χ2n) is 5.03. The van der Waals surface area contributed by atoms with Gasteiger partial charge in [-0.2, -0.15) is 25.3 Å². The van der Waals surface area contributed by atoms with Crippen molar-refractivity contribution in [3.05, 3.63) is 0 Å². The summed E-state index contributed by atoms with van der Waals surface area (Å²) in [5.41, 5.74) is 5.23. The molecule has 0 radical (unpaired) electrons. The summed E-state index contributed by atoms with van der Waals surface area (Å²) < 4.78 is 0.0195. The molecule has 2 N–H and O–H groups in total. The quantitative estimate of drug-likeness (QED) is 0.696. The van der Waals surface area contributed by atoms with Crippen LogP contribution in [0.25, 0.3) is 0 Å². The molecule has 0 amide bonds. The molecule has 0 fully saturated rings. The highest BCUT2D eigenvalue weighted by atomic mass is 35.5. The molecule has 0 atom stereocenters. The lowest BCUT2D eigenvalue weighted by molar-refractivity contribution is -0.117. The summed E-state index contributed by atoms with van der Waals surface area (Å²) in [5.74, 6) is 0.247. The van der Waals surface area contributed by atoms with Gasteiger partial charge in [0, 0.05) is 22.5 Å². The van der Waals surface area contributed by atoms with Crippen molar-refractivity contribution in [2.75, 3.05) is 6.54 Å². The van der Waals surface area contributed by atoms with Crippen molar-refractivity contribution in [1.82, 2.24) is 0 Å². The van der Waals surface area contributed by atoms with E-state index >= 15 is 0 Å². The average molecular weight is 288 g/mol. The van der Waals surface area contributed by atoms with Gasteiger partial charge in [0.25, 0.3) is 0 Å². The number of carbonyl (C=O) groups excluding carboxylic acids is 1. The molecule has 0 aromatic rings. The van der Waals surface area contributed by atoms with E-state index in [0.717, 1.165) is 6.42 Å². The molecule has 0 aromatic carbocycles. The topological polar surface area (TPSA) is 43.1 Å². The molecule has 0 rings (SSSR count). The summed E-state index contributed by atoms with van der Waals surface area (Å²) in [6.07, 6.45) is 1.52. The van der Waals surface area contributed by atoms with Gasteiger partial charge in [0.05, 0.1) is 0 Å². The summed E-state index contributed by atoms with van der Waals surface area (Å²) in [6, 6.07) is 0. The van der Waals surface area contributed by atoms with Gasteiger partial charge in [0.1, 0.15) is 5.78 Å². The van der Waals surface area contributed by atoms with Crippen LogP contribution in [0.1, 0.15) is 47.5 Å². The molecule has 0 bridgehead atoms. The zero-order chi connectivity index (χ0) is 12.7. The number of hydrogen-bond donors (Lipinski definition) is 3. The van der Waals surface area contributed by atoms with Crippen molar-refractivity contribution in [1.29, 1.82) is 0 Å². The molecule has 0 aromatic heterocycles. The molecule has 0 saturated heterocycles. The third-order valence-corrected chi connectivity index (χ3v) is 1.99. The monoisotopic (exact) mass is 287 g/mol. The van der Waals surface area contributed by atoms with Crippen molar-refractivity contribution >= 4 is 43.4 Å². The third-order valence-electron chi connectivity index (χ3n) is 1.59. The summed E-state index contributed by atoms with van der Waals surface area (Å²) >= 11 is 8.41. The smallest absolute Gasteiger partial charge is 0.129 e. The van der Waals surface area contributed by atoms with Crippen molar-refractivity contribution in [3.63, 3.8) is 0 Å². The fourth-order valence-electron chi connectivity index (χ4n) is 0.482. The van der Waals surface area contributed by atoms with Crippen LogP contribution in [0.2, 0.25) is 0 Å². The molecule has 2 nitrogen and oxygen atoms in total. The first-order chi connectivity index (χ1) is 6.48. The fraction of sp³-hybridized carbons (Fsp3) is 0.909.